The molecule has 0 atom stereocenters. The van der Waals surface area contributed by atoms with Crippen LogP contribution >= 0.6 is 0 Å². The molecule has 0 saturated heterocycles. The van der Waals surface area contributed by atoms with Crippen LogP contribution in [0, 0.1) is 5.92 Å². The number of hydrogen-bond donors (Lipinski definition) is 3. The Bertz CT molecular complexity index is 396. The van der Waals surface area contributed by atoms with Gasteiger partial charge in [0.2, 0.25) is 11.8 Å². The highest BCUT2D eigenvalue weighted by Crippen LogP contribution is 1.92. The number of carbonyl (C=O) groups excluding carboxylic acids is 3. The maximum atomic E-state index is 11.4. The molecule has 0 rings (SSSR count). The molecule has 0 spiro atoms. The second-order valence-corrected chi connectivity index (χ2v) is 5.12. The summed E-state index contributed by atoms with van der Waals surface area (Å²) in [5.74, 6) is -0.367. The first-order chi connectivity index (χ1) is 10.3. The lowest BCUT2D eigenvalue weighted by molar-refractivity contribution is -0.127. The molecule has 0 aromatic heterocycles. The molecule has 8 nitrogen and oxygen atoms in total. The van der Waals surface area contributed by atoms with Gasteiger partial charge in [0.15, 0.2) is 6.61 Å². The van der Waals surface area contributed by atoms with Gasteiger partial charge in [-0.25, -0.2) is 4.79 Å². The monoisotopic (exact) mass is 315 g/mol. The van der Waals surface area contributed by atoms with E-state index in [0.29, 0.717) is 25.1 Å². The van der Waals surface area contributed by atoms with Gasteiger partial charge in [0.1, 0.15) is 0 Å². The highest BCUT2D eigenvalue weighted by Gasteiger charge is 2.06. The van der Waals surface area contributed by atoms with Gasteiger partial charge in [-0.15, -0.1) is 0 Å². The summed E-state index contributed by atoms with van der Waals surface area (Å²) in [5, 5.41) is 5.22. The summed E-state index contributed by atoms with van der Waals surface area (Å²) >= 11 is 0. The zero-order valence-corrected chi connectivity index (χ0v) is 13.4. The van der Waals surface area contributed by atoms with Crippen LogP contribution in [-0.4, -0.2) is 44.2 Å². The molecule has 3 N–H and O–H groups in total. The van der Waals surface area contributed by atoms with Gasteiger partial charge in [0.05, 0.1) is 6.61 Å². The lowest BCUT2D eigenvalue weighted by Crippen LogP contribution is -2.35. The third-order valence-electron chi connectivity index (χ3n) is 2.26. The fourth-order valence-electron chi connectivity index (χ4n) is 1.15. The first-order valence-corrected chi connectivity index (χ1v) is 7.08. The van der Waals surface area contributed by atoms with E-state index in [1.807, 2.05) is 19.3 Å². The van der Waals surface area contributed by atoms with Crippen LogP contribution in [0.5, 0.6) is 0 Å². The third-order valence-corrected chi connectivity index (χ3v) is 2.26. The lowest BCUT2D eigenvalue weighted by Gasteiger charge is -2.09. The summed E-state index contributed by atoms with van der Waals surface area (Å²) in [6, 6.07) is 0. The van der Waals surface area contributed by atoms with Gasteiger partial charge in [-0.2, -0.15) is 5.48 Å². The molecule has 0 aromatic rings. The van der Waals surface area contributed by atoms with E-state index in [1.165, 1.54) is 0 Å². The van der Waals surface area contributed by atoms with Crippen LogP contribution in [0.25, 0.3) is 0 Å². The van der Waals surface area contributed by atoms with E-state index in [0.717, 1.165) is 0 Å². The van der Waals surface area contributed by atoms with E-state index in [1.54, 1.807) is 6.92 Å². The number of hydroxylamine groups is 1. The third kappa shape index (κ3) is 11.7. The summed E-state index contributed by atoms with van der Waals surface area (Å²) in [7, 11) is 0. The van der Waals surface area contributed by atoms with Crippen molar-refractivity contribution in [3.05, 3.63) is 12.2 Å². The van der Waals surface area contributed by atoms with Crippen molar-refractivity contribution in [3.63, 3.8) is 0 Å². The van der Waals surface area contributed by atoms with E-state index in [-0.39, 0.29) is 30.9 Å². The second-order valence-electron chi connectivity index (χ2n) is 5.12. The number of amides is 3. The zero-order chi connectivity index (χ0) is 17.0. The van der Waals surface area contributed by atoms with Gasteiger partial charge in [-0.1, -0.05) is 20.4 Å². The largest absolute Gasteiger partial charge is 0.448 e. The number of hydrogen-bond acceptors (Lipinski definition) is 5. The van der Waals surface area contributed by atoms with Crippen molar-refractivity contribution in [2.24, 2.45) is 5.92 Å². The Labute approximate surface area is 130 Å². The highest BCUT2D eigenvalue weighted by atomic mass is 16.7. The lowest BCUT2D eigenvalue weighted by atomic mass is 10.2. The van der Waals surface area contributed by atoms with Gasteiger partial charge in [0, 0.05) is 18.7 Å². The van der Waals surface area contributed by atoms with E-state index < -0.39 is 6.09 Å². The molecule has 0 fully saturated rings. The van der Waals surface area contributed by atoms with Crippen LogP contribution in [0.4, 0.5) is 4.79 Å². The molecule has 0 unspecified atom stereocenters. The normalized spacial score (nSPS) is 10.0. The van der Waals surface area contributed by atoms with E-state index >= 15 is 0 Å². The molecule has 0 aromatic carbocycles. The van der Waals surface area contributed by atoms with Gasteiger partial charge in [-0.3, -0.25) is 14.4 Å². The smallest absolute Gasteiger partial charge is 0.431 e. The molecule has 0 heterocycles. The predicted octanol–water partition coefficient (Wildman–Crippen LogP) is 0.499. The average Bonchev–Trinajstić information content (AvgIpc) is 2.44. The van der Waals surface area contributed by atoms with E-state index in [9.17, 15) is 14.4 Å². The minimum atomic E-state index is -0.732. The van der Waals surface area contributed by atoms with Crippen LogP contribution in [0.2, 0.25) is 0 Å². The van der Waals surface area contributed by atoms with Gasteiger partial charge >= 0.3 is 6.09 Å². The van der Waals surface area contributed by atoms with Crippen LogP contribution in [0.15, 0.2) is 12.2 Å². The fraction of sp³-hybridized carbons (Fsp3) is 0.643. The Kier molecular flexibility index (Phi) is 10.5. The van der Waals surface area contributed by atoms with Crippen molar-refractivity contribution in [2.75, 3.05) is 26.3 Å². The zero-order valence-electron chi connectivity index (χ0n) is 13.4. The Morgan fingerprint density at radius 1 is 1.14 bits per heavy atom. The SMILES string of the molecule is C=C(C)C(=O)NCCCNC(=O)CONC(=O)OCC(C)C. The molecule has 0 radical (unpaired) electrons. The van der Waals surface area contributed by atoms with E-state index in [4.69, 9.17) is 9.57 Å². The Morgan fingerprint density at radius 2 is 1.77 bits per heavy atom. The van der Waals surface area contributed by atoms with Crippen LogP contribution in [-0.2, 0) is 19.2 Å². The number of carbonyl (C=O) groups is 3. The summed E-state index contributed by atoms with van der Waals surface area (Å²) in [4.78, 5) is 38.3. The second kappa shape index (κ2) is 11.6. The Hall–Kier alpha value is -2.09. The molecule has 0 bridgehead atoms. The number of rotatable bonds is 10. The minimum absolute atomic E-state index is 0.209. The quantitative estimate of drug-likeness (QED) is 0.309. The first kappa shape index (κ1) is 19.9. The van der Waals surface area contributed by atoms with Crippen molar-refractivity contribution in [1.82, 2.24) is 16.1 Å². The van der Waals surface area contributed by atoms with Crippen molar-refractivity contribution in [2.45, 2.75) is 27.2 Å². The molecular weight excluding hydrogens is 290 g/mol. The molecule has 0 aliphatic heterocycles. The summed E-state index contributed by atoms with van der Waals surface area (Å²) < 4.78 is 4.79. The van der Waals surface area contributed by atoms with Crippen LogP contribution in [0.1, 0.15) is 27.2 Å². The standard InChI is InChI=1S/C14H25N3O5/c1-10(2)8-21-14(20)17-22-9-12(18)15-6-5-7-16-13(19)11(3)4/h10H,3,5-9H2,1-2,4H3,(H,15,18)(H,16,19)(H,17,20). The van der Waals surface area contributed by atoms with Crippen molar-refractivity contribution >= 4 is 17.9 Å². The summed E-state index contributed by atoms with van der Waals surface area (Å²) in [5.41, 5.74) is 2.45. The van der Waals surface area contributed by atoms with Crippen molar-refractivity contribution < 1.29 is 24.0 Å². The molecule has 8 heteroatoms. The van der Waals surface area contributed by atoms with Crippen molar-refractivity contribution in [3.8, 4) is 0 Å². The minimum Gasteiger partial charge on any atom is -0.448 e. The molecule has 22 heavy (non-hydrogen) atoms. The Morgan fingerprint density at radius 3 is 2.36 bits per heavy atom. The maximum Gasteiger partial charge on any atom is 0.431 e. The summed E-state index contributed by atoms with van der Waals surface area (Å²) in [6.45, 7) is 9.72. The molecular formula is C14H25N3O5. The number of nitrogens with one attached hydrogen (secondary N) is 3. The predicted molar refractivity (Wildman–Crippen MR) is 80.7 cm³/mol. The van der Waals surface area contributed by atoms with Crippen molar-refractivity contribution in [1.29, 1.82) is 0 Å². The summed E-state index contributed by atoms with van der Waals surface area (Å²) in [6.07, 6.45) is -0.154. The highest BCUT2D eigenvalue weighted by molar-refractivity contribution is 5.92. The molecule has 0 aliphatic rings. The van der Waals surface area contributed by atoms with Gasteiger partial charge in [0.25, 0.3) is 0 Å². The van der Waals surface area contributed by atoms with Crippen LogP contribution in [0.3, 0.4) is 0 Å². The maximum absolute atomic E-state index is 11.4. The topological polar surface area (TPSA) is 106 Å². The van der Waals surface area contributed by atoms with E-state index in [2.05, 4.69) is 17.2 Å². The number of ether oxygens (including phenoxy) is 1. The molecule has 3 amide bonds. The first-order valence-electron chi connectivity index (χ1n) is 7.08. The Balaban J connectivity index is 3.52. The molecule has 126 valence electrons. The fourth-order valence-corrected chi connectivity index (χ4v) is 1.15. The van der Waals surface area contributed by atoms with Crippen LogP contribution < -0.4 is 16.1 Å². The average molecular weight is 315 g/mol. The van der Waals surface area contributed by atoms with Gasteiger partial charge < -0.3 is 15.4 Å². The molecule has 0 saturated carbocycles. The van der Waals surface area contributed by atoms with Gasteiger partial charge in [-0.05, 0) is 19.3 Å². The molecule has 0 aliphatic carbocycles.